The van der Waals surface area contributed by atoms with Gasteiger partial charge < -0.3 is 10.8 Å². The van der Waals surface area contributed by atoms with Crippen LogP contribution in [0.25, 0.3) is 0 Å². The summed E-state index contributed by atoms with van der Waals surface area (Å²) in [6, 6.07) is 0.260. The number of aliphatic hydroxyl groups is 1. The molecule has 4 aliphatic carbocycles. The van der Waals surface area contributed by atoms with Gasteiger partial charge >= 0.3 is 0 Å². The van der Waals surface area contributed by atoms with Gasteiger partial charge in [0.05, 0.1) is 0 Å². The van der Waals surface area contributed by atoms with Gasteiger partial charge in [0.2, 0.25) is 0 Å². The van der Waals surface area contributed by atoms with Crippen molar-refractivity contribution >= 4 is 0 Å². The second-order valence-electron chi connectivity index (χ2n) is 6.40. The third kappa shape index (κ3) is 1.53. The summed E-state index contributed by atoms with van der Waals surface area (Å²) in [5.41, 5.74) is 6.75. The van der Waals surface area contributed by atoms with E-state index in [0.717, 1.165) is 24.2 Å². The van der Waals surface area contributed by atoms with Gasteiger partial charge in [0.15, 0.2) is 0 Å². The molecule has 4 rings (SSSR count). The normalized spacial score (nSPS) is 49.6. The smallest absolute Gasteiger partial charge is 0.0445 e. The molecule has 4 fully saturated rings. The molecule has 1 atom stereocenters. The van der Waals surface area contributed by atoms with Crippen molar-refractivity contribution in [3.05, 3.63) is 0 Å². The Bertz CT molecular complexity index is 216. The van der Waals surface area contributed by atoms with Crippen molar-refractivity contribution in [3.63, 3.8) is 0 Å². The lowest BCUT2D eigenvalue weighted by molar-refractivity contribution is -0.0699. The molecule has 15 heavy (non-hydrogen) atoms. The van der Waals surface area contributed by atoms with Gasteiger partial charge in [-0.15, -0.1) is 0 Å². The Morgan fingerprint density at radius 2 is 1.53 bits per heavy atom. The van der Waals surface area contributed by atoms with Gasteiger partial charge in [-0.1, -0.05) is 0 Å². The number of nitrogens with two attached hydrogens (primary N) is 1. The maximum Gasteiger partial charge on any atom is 0.0445 e. The van der Waals surface area contributed by atoms with E-state index in [2.05, 4.69) is 0 Å². The Kier molecular flexibility index (Phi) is 2.33. The fourth-order valence-corrected chi connectivity index (χ4v) is 5.08. The average Bonchev–Trinajstić information content (AvgIpc) is 2.15. The Balaban J connectivity index is 1.80. The van der Waals surface area contributed by atoms with Crippen molar-refractivity contribution in [1.29, 1.82) is 0 Å². The van der Waals surface area contributed by atoms with Crippen LogP contribution < -0.4 is 5.73 Å². The number of hydrogen-bond acceptors (Lipinski definition) is 2. The first-order valence-corrected chi connectivity index (χ1v) is 6.58. The van der Waals surface area contributed by atoms with Gasteiger partial charge in [0, 0.05) is 12.6 Å². The highest BCUT2D eigenvalue weighted by Gasteiger charge is 2.52. The van der Waals surface area contributed by atoms with Crippen LogP contribution in [0.15, 0.2) is 0 Å². The van der Waals surface area contributed by atoms with E-state index in [0.29, 0.717) is 5.41 Å². The van der Waals surface area contributed by atoms with Crippen molar-refractivity contribution < 1.29 is 5.11 Å². The molecule has 0 spiro atoms. The van der Waals surface area contributed by atoms with Crippen LogP contribution in [0.3, 0.4) is 0 Å². The largest absolute Gasteiger partial charge is 0.396 e. The fourth-order valence-electron chi connectivity index (χ4n) is 5.08. The quantitative estimate of drug-likeness (QED) is 0.746. The molecule has 0 aromatic heterocycles. The van der Waals surface area contributed by atoms with Crippen molar-refractivity contribution in [3.8, 4) is 0 Å². The Morgan fingerprint density at radius 1 is 1.07 bits per heavy atom. The predicted octanol–water partition coefficient (Wildman–Crippen LogP) is 1.91. The molecule has 4 aliphatic rings. The molecule has 0 aromatic carbocycles. The first-order chi connectivity index (χ1) is 7.22. The Labute approximate surface area is 92.2 Å². The molecule has 4 bridgehead atoms. The minimum absolute atomic E-state index is 0.260. The molecular formula is C13H23NO. The molecular weight excluding hydrogens is 186 g/mol. The van der Waals surface area contributed by atoms with Crippen molar-refractivity contribution in [2.45, 2.75) is 51.0 Å². The molecule has 86 valence electrons. The molecule has 0 saturated heterocycles. The SMILES string of the molecule is NC(CCO)C12CC3CC(CC(C3)C1)C2. The van der Waals surface area contributed by atoms with Crippen LogP contribution >= 0.6 is 0 Å². The minimum Gasteiger partial charge on any atom is -0.396 e. The molecule has 2 nitrogen and oxygen atoms in total. The number of hydrogen-bond donors (Lipinski definition) is 2. The van der Waals surface area contributed by atoms with E-state index in [1.54, 1.807) is 0 Å². The number of rotatable bonds is 3. The Hall–Kier alpha value is -0.0800. The zero-order chi connectivity index (χ0) is 10.5. The highest BCUT2D eigenvalue weighted by atomic mass is 16.3. The Morgan fingerprint density at radius 3 is 1.93 bits per heavy atom. The highest BCUT2D eigenvalue weighted by molar-refractivity contribution is 5.05. The fraction of sp³-hybridized carbons (Fsp3) is 1.00. The maximum atomic E-state index is 9.06. The van der Waals surface area contributed by atoms with Crippen molar-refractivity contribution in [2.75, 3.05) is 6.61 Å². The summed E-state index contributed by atoms with van der Waals surface area (Å²) in [6.07, 6.45) is 9.33. The van der Waals surface area contributed by atoms with Crippen LogP contribution in [0.4, 0.5) is 0 Å². The summed E-state index contributed by atoms with van der Waals surface area (Å²) in [6.45, 7) is 0.267. The van der Waals surface area contributed by atoms with Crippen molar-refractivity contribution in [1.82, 2.24) is 0 Å². The first-order valence-electron chi connectivity index (χ1n) is 6.58. The van der Waals surface area contributed by atoms with Gasteiger partial charge in [-0.25, -0.2) is 0 Å². The third-order valence-electron chi connectivity index (χ3n) is 5.31. The maximum absolute atomic E-state index is 9.06. The lowest BCUT2D eigenvalue weighted by atomic mass is 9.47. The molecule has 0 heterocycles. The van der Waals surface area contributed by atoms with Crippen LogP contribution in [0.5, 0.6) is 0 Å². The van der Waals surface area contributed by atoms with Crippen molar-refractivity contribution in [2.24, 2.45) is 28.9 Å². The summed E-state index contributed by atoms with van der Waals surface area (Å²) in [5.74, 6) is 2.92. The topological polar surface area (TPSA) is 46.2 Å². The second kappa shape index (κ2) is 3.46. The summed E-state index contributed by atoms with van der Waals surface area (Å²) >= 11 is 0. The first kappa shape index (κ1) is 10.1. The summed E-state index contributed by atoms with van der Waals surface area (Å²) in [7, 11) is 0. The van der Waals surface area contributed by atoms with E-state index in [4.69, 9.17) is 10.8 Å². The van der Waals surface area contributed by atoms with Gasteiger partial charge in [0.1, 0.15) is 0 Å². The zero-order valence-electron chi connectivity index (χ0n) is 9.49. The molecule has 3 N–H and O–H groups in total. The van der Waals surface area contributed by atoms with Gasteiger partial charge in [-0.3, -0.25) is 0 Å². The standard InChI is InChI=1S/C13H23NO/c14-12(1-2-15)13-6-9-3-10(7-13)5-11(4-9)8-13/h9-12,15H,1-8,14H2. The van der Waals surface area contributed by atoms with Crippen LogP contribution in [0.1, 0.15) is 44.9 Å². The zero-order valence-corrected chi connectivity index (χ0v) is 9.49. The molecule has 4 saturated carbocycles. The second-order valence-corrected chi connectivity index (χ2v) is 6.40. The predicted molar refractivity (Wildman–Crippen MR) is 60.3 cm³/mol. The minimum atomic E-state index is 0.260. The lowest BCUT2D eigenvalue weighted by Gasteiger charge is -2.59. The van der Waals surface area contributed by atoms with E-state index in [-0.39, 0.29) is 12.6 Å². The monoisotopic (exact) mass is 209 g/mol. The molecule has 0 amide bonds. The average molecular weight is 209 g/mol. The van der Waals surface area contributed by atoms with Crippen LogP contribution in [-0.4, -0.2) is 17.8 Å². The molecule has 2 heteroatoms. The third-order valence-corrected chi connectivity index (χ3v) is 5.31. The molecule has 1 unspecified atom stereocenters. The molecule has 0 aromatic rings. The van der Waals surface area contributed by atoms with Crippen LogP contribution in [0, 0.1) is 23.2 Å². The molecule has 0 aliphatic heterocycles. The van der Waals surface area contributed by atoms with E-state index < -0.39 is 0 Å². The highest BCUT2D eigenvalue weighted by Crippen LogP contribution is 2.61. The van der Waals surface area contributed by atoms with Gasteiger partial charge in [0.25, 0.3) is 0 Å². The van der Waals surface area contributed by atoms with Crippen LogP contribution in [-0.2, 0) is 0 Å². The lowest BCUT2D eigenvalue weighted by Crippen LogP contribution is -2.54. The van der Waals surface area contributed by atoms with E-state index in [9.17, 15) is 0 Å². The van der Waals surface area contributed by atoms with E-state index in [1.165, 1.54) is 38.5 Å². The van der Waals surface area contributed by atoms with Gasteiger partial charge in [-0.2, -0.15) is 0 Å². The molecule has 0 radical (unpaired) electrons. The van der Waals surface area contributed by atoms with E-state index in [1.807, 2.05) is 0 Å². The number of aliphatic hydroxyl groups excluding tert-OH is 1. The van der Waals surface area contributed by atoms with Gasteiger partial charge in [-0.05, 0) is 68.1 Å². The summed E-state index contributed by atoms with van der Waals surface area (Å²) in [5, 5.41) is 9.06. The summed E-state index contributed by atoms with van der Waals surface area (Å²) < 4.78 is 0. The van der Waals surface area contributed by atoms with Crippen LogP contribution in [0.2, 0.25) is 0 Å². The van der Waals surface area contributed by atoms with E-state index >= 15 is 0 Å². The summed E-state index contributed by atoms with van der Waals surface area (Å²) in [4.78, 5) is 0.